The molecule has 0 bridgehead atoms. The van der Waals surface area contributed by atoms with Gasteiger partial charge in [0.2, 0.25) is 5.91 Å². The fourth-order valence-corrected chi connectivity index (χ4v) is 4.53. The Bertz CT molecular complexity index is 872. The summed E-state index contributed by atoms with van der Waals surface area (Å²) in [6.07, 6.45) is 2.29. The summed E-state index contributed by atoms with van der Waals surface area (Å²) in [5, 5.41) is 0. The van der Waals surface area contributed by atoms with Crippen LogP contribution in [0.1, 0.15) is 37.3 Å². The fraction of sp³-hybridized carbons (Fsp3) is 0.409. The van der Waals surface area contributed by atoms with Gasteiger partial charge < -0.3 is 4.90 Å². The number of carbonyl (C=O) groups excluding carboxylic acids is 1. The zero-order valence-electron chi connectivity index (χ0n) is 16.0. The van der Waals surface area contributed by atoms with E-state index in [9.17, 15) is 13.2 Å². The summed E-state index contributed by atoms with van der Waals surface area (Å²) >= 11 is 0. The molecule has 0 heterocycles. The number of carbonyl (C=O) groups is 1. The molecule has 5 heteroatoms. The zero-order valence-corrected chi connectivity index (χ0v) is 16.8. The van der Waals surface area contributed by atoms with Crippen LogP contribution >= 0.6 is 0 Å². The van der Waals surface area contributed by atoms with Crippen LogP contribution in [0.3, 0.4) is 0 Å². The van der Waals surface area contributed by atoms with Crippen LogP contribution in [-0.2, 0) is 21.2 Å². The van der Waals surface area contributed by atoms with Crippen molar-refractivity contribution in [2.45, 2.75) is 50.6 Å². The Balaban J connectivity index is 1.69. The number of hydrogen-bond acceptors (Lipinski definition) is 3. The smallest absolute Gasteiger partial charge is 0.224 e. The van der Waals surface area contributed by atoms with Gasteiger partial charge in [-0.1, -0.05) is 48.0 Å². The van der Waals surface area contributed by atoms with Crippen molar-refractivity contribution in [1.82, 2.24) is 4.90 Å². The average Bonchev–Trinajstić information content (AvgIpc) is 3.50. The predicted molar refractivity (Wildman–Crippen MR) is 107 cm³/mol. The lowest BCUT2D eigenvalue weighted by Gasteiger charge is -2.30. The van der Waals surface area contributed by atoms with E-state index in [1.807, 2.05) is 42.2 Å². The molecule has 144 valence electrons. The maximum Gasteiger partial charge on any atom is 0.224 e. The van der Waals surface area contributed by atoms with E-state index in [0.29, 0.717) is 12.5 Å². The summed E-state index contributed by atoms with van der Waals surface area (Å²) < 4.78 is 25.1. The Morgan fingerprint density at radius 3 is 2.30 bits per heavy atom. The Kier molecular flexibility index (Phi) is 6.00. The first kappa shape index (κ1) is 19.6. The number of amides is 1. The van der Waals surface area contributed by atoms with Gasteiger partial charge in [0.25, 0.3) is 0 Å². The summed E-state index contributed by atoms with van der Waals surface area (Å²) in [7, 11) is -3.46. The first-order chi connectivity index (χ1) is 12.9. The lowest BCUT2D eigenvalue weighted by atomic mass is 10.1. The molecule has 27 heavy (non-hydrogen) atoms. The molecule has 0 N–H and O–H groups in total. The lowest BCUT2D eigenvalue weighted by Crippen LogP contribution is -2.40. The molecule has 2 aromatic carbocycles. The van der Waals surface area contributed by atoms with Gasteiger partial charge in [-0.05, 0) is 50.3 Å². The molecule has 0 saturated heterocycles. The third-order valence-corrected chi connectivity index (χ3v) is 7.01. The lowest BCUT2D eigenvalue weighted by molar-refractivity contribution is -0.133. The monoisotopic (exact) mass is 385 g/mol. The van der Waals surface area contributed by atoms with Crippen LogP contribution < -0.4 is 0 Å². The van der Waals surface area contributed by atoms with Gasteiger partial charge in [0, 0.05) is 19.0 Å². The van der Waals surface area contributed by atoms with Gasteiger partial charge in [-0.15, -0.1) is 0 Å². The molecule has 0 aromatic heterocycles. The van der Waals surface area contributed by atoms with Crippen molar-refractivity contribution >= 4 is 15.7 Å². The molecule has 1 fully saturated rings. The first-order valence-electron chi connectivity index (χ1n) is 9.49. The quantitative estimate of drug-likeness (QED) is 0.690. The molecule has 1 saturated carbocycles. The minimum Gasteiger partial charge on any atom is -0.335 e. The minimum absolute atomic E-state index is 0.0140. The van der Waals surface area contributed by atoms with Gasteiger partial charge in [-0.2, -0.15) is 0 Å². The Morgan fingerprint density at radius 2 is 1.70 bits per heavy atom. The second-order valence-corrected chi connectivity index (χ2v) is 9.58. The number of benzene rings is 2. The SMILES string of the molecule is Cc1ccc(S(=O)(=O)CCC(=O)N(Cc2ccccc2)C(C)C2CC2)cc1. The summed E-state index contributed by atoms with van der Waals surface area (Å²) in [4.78, 5) is 15.1. The molecule has 1 atom stereocenters. The van der Waals surface area contributed by atoms with Crippen molar-refractivity contribution in [3.8, 4) is 0 Å². The maximum absolute atomic E-state index is 12.9. The van der Waals surface area contributed by atoms with Crippen molar-refractivity contribution in [2.75, 3.05) is 5.75 Å². The van der Waals surface area contributed by atoms with Gasteiger partial charge in [0.05, 0.1) is 10.6 Å². The average molecular weight is 386 g/mol. The van der Waals surface area contributed by atoms with E-state index < -0.39 is 9.84 Å². The number of rotatable bonds is 8. The van der Waals surface area contributed by atoms with E-state index in [4.69, 9.17) is 0 Å². The van der Waals surface area contributed by atoms with Gasteiger partial charge in [0.1, 0.15) is 0 Å². The Hall–Kier alpha value is -2.14. The van der Waals surface area contributed by atoms with Crippen molar-refractivity contribution in [1.29, 1.82) is 0 Å². The predicted octanol–water partition coefficient (Wildman–Crippen LogP) is 3.99. The fourth-order valence-electron chi connectivity index (χ4n) is 3.30. The highest BCUT2D eigenvalue weighted by Crippen LogP contribution is 2.36. The molecule has 4 nitrogen and oxygen atoms in total. The van der Waals surface area contributed by atoms with E-state index in [1.54, 1.807) is 24.3 Å². The molecular weight excluding hydrogens is 358 g/mol. The topological polar surface area (TPSA) is 54.5 Å². The third kappa shape index (κ3) is 5.19. The van der Waals surface area contributed by atoms with E-state index in [-0.39, 0.29) is 29.0 Å². The first-order valence-corrected chi connectivity index (χ1v) is 11.1. The highest BCUT2D eigenvalue weighted by atomic mass is 32.2. The van der Waals surface area contributed by atoms with Crippen LogP contribution in [0.4, 0.5) is 0 Å². The molecule has 0 radical (unpaired) electrons. The van der Waals surface area contributed by atoms with Crippen LogP contribution in [0.5, 0.6) is 0 Å². The van der Waals surface area contributed by atoms with Crippen LogP contribution in [0, 0.1) is 12.8 Å². The maximum atomic E-state index is 12.9. The van der Waals surface area contributed by atoms with Crippen molar-refractivity contribution in [3.05, 3.63) is 65.7 Å². The molecule has 3 rings (SSSR count). The van der Waals surface area contributed by atoms with Crippen LogP contribution in [-0.4, -0.2) is 31.0 Å². The third-order valence-electron chi connectivity index (χ3n) is 5.28. The normalized spacial score (nSPS) is 15.3. The van der Waals surface area contributed by atoms with Crippen LogP contribution in [0.25, 0.3) is 0 Å². The molecule has 2 aromatic rings. The van der Waals surface area contributed by atoms with Gasteiger partial charge >= 0.3 is 0 Å². The molecular formula is C22H27NO3S. The Morgan fingerprint density at radius 1 is 1.07 bits per heavy atom. The molecule has 1 aliphatic rings. The molecule has 0 spiro atoms. The van der Waals surface area contributed by atoms with Gasteiger partial charge in [-0.25, -0.2) is 8.42 Å². The minimum atomic E-state index is -3.46. The van der Waals surface area contributed by atoms with E-state index in [0.717, 1.165) is 24.0 Å². The summed E-state index contributed by atoms with van der Waals surface area (Å²) in [6, 6.07) is 16.8. The summed E-state index contributed by atoms with van der Waals surface area (Å²) in [6.45, 7) is 4.52. The molecule has 1 aliphatic carbocycles. The number of hydrogen-bond donors (Lipinski definition) is 0. The molecule has 1 amide bonds. The van der Waals surface area contributed by atoms with Crippen molar-refractivity contribution in [3.63, 3.8) is 0 Å². The van der Waals surface area contributed by atoms with E-state index >= 15 is 0 Å². The number of aryl methyl sites for hydroxylation is 1. The summed E-state index contributed by atoms with van der Waals surface area (Å²) in [5.41, 5.74) is 2.08. The van der Waals surface area contributed by atoms with Gasteiger partial charge in [0.15, 0.2) is 9.84 Å². The number of nitrogens with zero attached hydrogens (tertiary/aromatic N) is 1. The largest absolute Gasteiger partial charge is 0.335 e. The standard InChI is InChI=1S/C22H27NO3S/c1-17-8-12-21(13-9-17)27(25,26)15-14-22(24)23(18(2)20-10-11-20)16-19-6-4-3-5-7-19/h3-9,12-13,18,20H,10-11,14-16H2,1-2H3. The second-order valence-electron chi connectivity index (χ2n) is 7.47. The van der Waals surface area contributed by atoms with Crippen LogP contribution in [0.15, 0.2) is 59.5 Å². The van der Waals surface area contributed by atoms with E-state index in [1.165, 1.54) is 0 Å². The van der Waals surface area contributed by atoms with Crippen molar-refractivity contribution in [2.24, 2.45) is 5.92 Å². The van der Waals surface area contributed by atoms with Crippen LogP contribution in [0.2, 0.25) is 0 Å². The number of sulfone groups is 1. The van der Waals surface area contributed by atoms with Crippen molar-refractivity contribution < 1.29 is 13.2 Å². The summed E-state index contributed by atoms with van der Waals surface area (Å²) in [5.74, 6) is 0.290. The van der Waals surface area contributed by atoms with Gasteiger partial charge in [-0.3, -0.25) is 4.79 Å². The van der Waals surface area contributed by atoms with E-state index in [2.05, 4.69) is 6.92 Å². The second kappa shape index (κ2) is 8.26. The molecule has 1 unspecified atom stereocenters. The zero-order chi connectivity index (χ0) is 19.4. The highest BCUT2D eigenvalue weighted by molar-refractivity contribution is 7.91. The molecule has 0 aliphatic heterocycles. The Labute approximate surface area is 162 Å². The highest BCUT2D eigenvalue weighted by Gasteiger charge is 2.34.